The predicted octanol–water partition coefficient (Wildman–Crippen LogP) is 5.36. The predicted molar refractivity (Wildman–Crippen MR) is 177 cm³/mol. The largest absolute Gasteiger partial charge is 0.438 e. The SMILES string of the molecule is Cc1csc(C(=O)N[C@H]2CC[C@H](NC(=O)c3cc(F)cnc3Oc3cccc(-c4ccc(CCN5CCNCC5)cc4)c3)CC2)n1. The number of pyridine rings is 1. The van der Waals surface area contributed by atoms with E-state index in [1.165, 1.54) is 16.9 Å². The zero-order valence-corrected chi connectivity index (χ0v) is 26.7. The fourth-order valence-corrected chi connectivity index (χ4v) is 6.66. The van der Waals surface area contributed by atoms with Gasteiger partial charge in [-0.3, -0.25) is 9.59 Å². The maximum atomic E-state index is 14.3. The molecule has 0 atom stereocenters. The summed E-state index contributed by atoms with van der Waals surface area (Å²) in [5.74, 6) is -0.688. The monoisotopic (exact) mass is 642 g/mol. The van der Waals surface area contributed by atoms with Crippen LogP contribution in [0.2, 0.25) is 0 Å². The topological polar surface area (TPSA) is 108 Å². The Morgan fingerprint density at radius 1 is 0.978 bits per heavy atom. The van der Waals surface area contributed by atoms with Gasteiger partial charge in [-0.05, 0) is 73.9 Å². The molecular weight excluding hydrogens is 603 g/mol. The third-order valence-corrected chi connectivity index (χ3v) is 9.49. The molecule has 1 saturated heterocycles. The highest BCUT2D eigenvalue weighted by Crippen LogP contribution is 2.29. The molecule has 0 bridgehead atoms. The lowest BCUT2D eigenvalue weighted by Crippen LogP contribution is -2.44. The Labute approximate surface area is 272 Å². The van der Waals surface area contributed by atoms with Crippen LogP contribution in [0.4, 0.5) is 4.39 Å². The Balaban J connectivity index is 1.05. The second-order valence-electron chi connectivity index (χ2n) is 12.0. The van der Waals surface area contributed by atoms with Crippen LogP contribution in [0, 0.1) is 12.7 Å². The number of nitrogens with zero attached hydrogens (tertiary/aromatic N) is 3. The normalized spacial score (nSPS) is 18.6. The van der Waals surface area contributed by atoms with Crippen LogP contribution in [0.25, 0.3) is 11.1 Å². The summed E-state index contributed by atoms with van der Waals surface area (Å²) in [5.41, 5.74) is 4.17. The summed E-state index contributed by atoms with van der Waals surface area (Å²) in [4.78, 5) is 36.7. The number of amides is 2. The summed E-state index contributed by atoms with van der Waals surface area (Å²) in [5, 5.41) is 11.8. The van der Waals surface area contributed by atoms with E-state index in [4.69, 9.17) is 4.74 Å². The van der Waals surface area contributed by atoms with Crippen LogP contribution in [0.3, 0.4) is 0 Å². The van der Waals surface area contributed by atoms with Gasteiger partial charge in [-0.25, -0.2) is 14.4 Å². The van der Waals surface area contributed by atoms with Crippen molar-refractivity contribution in [2.45, 2.75) is 51.1 Å². The van der Waals surface area contributed by atoms with Crippen molar-refractivity contribution in [1.29, 1.82) is 0 Å². The van der Waals surface area contributed by atoms with Crippen molar-refractivity contribution in [3.63, 3.8) is 0 Å². The Morgan fingerprint density at radius 3 is 2.39 bits per heavy atom. The fraction of sp³-hybridized carbons (Fsp3) is 0.371. The van der Waals surface area contributed by atoms with Crippen molar-refractivity contribution in [3.8, 4) is 22.8 Å². The van der Waals surface area contributed by atoms with Crippen molar-refractivity contribution >= 4 is 23.2 Å². The summed E-state index contributed by atoms with van der Waals surface area (Å²) >= 11 is 1.33. The average molecular weight is 643 g/mol. The Hall–Kier alpha value is -4.19. The second kappa shape index (κ2) is 14.9. The van der Waals surface area contributed by atoms with Gasteiger partial charge in [0, 0.05) is 55.9 Å². The first-order valence-corrected chi connectivity index (χ1v) is 16.8. The lowest BCUT2D eigenvalue weighted by molar-refractivity contribution is 0.0890. The Kier molecular flexibility index (Phi) is 10.3. The number of benzene rings is 2. The van der Waals surface area contributed by atoms with Crippen LogP contribution >= 0.6 is 11.3 Å². The maximum absolute atomic E-state index is 14.3. The molecule has 240 valence electrons. The van der Waals surface area contributed by atoms with Gasteiger partial charge in [0.25, 0.3) is 11.8 Å². The molecule has 46 heavy (non-hydrogen) atoms. The molecule has 2 aromatic heterocycles. The molecule has 1 aliphatic carbocycles. The molecule has 6 rings (SSSR count). The number of carbonyl (C=O) groups is 2. The zero-order chi connectivity index (χ0) is 31.9. The Bertz CT molecular complexity index is 1650. The molecular formula is C35H39FN6O3S. The Morgan fingerprint density at radius 2 is 1.70 bits per heavy atom. The van der Waals surface area contributed by atoms with E-state index >= 15 is 0 Å². The number of piperazine rings is 1. The number of hydrogen-bond donors (Lipinski definition) is 3. The number of ether oxygens (including phenoxy) is 1. The van der Waals surface area contributed by atoms with Gasteiger partial charge in [0.15, 0.2) is 5.01 Å². The second-order valence-corrected chi connectivity index (χ2v) is 12.8. The number of halogens is 1. The highest BCUT2D eigenvalue weighted by Gasteiger charge is 2.26. The first-order chi connectivity index (χ1) is 22.4. The molecule has 3 N–H and O–H groups in total. The van der Waals surface area contributed by atoms with Crippen LogP contribution in [0.1, 0.15) is 57.1 Å². The van der Waals surface area contributed by atoms with Gasteiger partial charge in [-0.1, -0.05) is 36.4 Å². The molecule has 0 spiro atoms. The number of aromatic nitrogens is 2. The molecule has 4 aromatic rings. The third-order valence-electron chi connectivity index (χ3n) is 8.54. The van der Waals surface area contributed by atoms with E-state index in [9.17, 15) is 14.0 Å². The van der Waals surface area contributed by atoms with Crippen LogP contribution in [-0.2, 0) is 6.42 Å². The summed E-state index contributed by atoms with van der Waals surface area (Å²) in [7, 11) is 0. The minimum Gasteiger partial charge on any atom is -0.438 e. The van der Waals surface area contributed by atoms with Gasteiger partial charge >= 0.3 is 0 Å². The molecule has 2 aliphatic rings. The summed E-state index contributed by atoms with van der Waals surface area (Å²) in [6.45, 7) is 7.20. The first-order valence-electron chi connectivity index (χ1n) is 15.9. The minimum atomic E-state index is -0.618. The number of aryl methyl sites for hydroxylation is 1. The number of carbonyl (C=O) groups excluding carboxylic acids is 2. The quantitative estimate of drug-likeness (QED) is 0.214. The van der Waals surface area contributed by atoms with Gasteiger partial charge in [-0.15, -0.1) is 11.3 Å². The molecule has 2 fully saturated rings. The number of nitrogens with one attached hydrogen (secondary N) is 3. The van der Waals surface area contributed by atoms with Crippen LogP contribution in [0.5, 0.6) is 11.6 Å². The minimum absolute atomic E-state index is 0.0143. The summed E-state index contributed by atoms with van der Waals surface area (Å²) in [6, 6.07) is 17.2. The van der Waals surface area contributed by atoms with Gasteiger partial charge < -0.3 is 25.6 Å². The molecule has 1 saturated carbocycles. The standard InChI is InChI=1S/C35H39FN6O3S/c1-23-22-46-35(39-23)33(44)41-29-11-9-28(10-12-29)40-32(43)31-20-27(36)21-38-34(31)45-30-4-2-3-26(19-30)25-7-5-24(6-8-25)13-16-42-17-14-37-15-18-42/h2-8,19-22,28-29,37H,9-18H2,1H3,(H,40,43)(H,41,44)/t28-,29-. The highest BCUT2D eigenvalue weighted by atomic mass is 32.1. The van der Waals surface area contributed by atoms with Crippen molar-refractivity contribution in [1.82, 2.24) is 30.8 Å². The summed E-state index contributed by atoms with van der Waals surface area (Å²) < 4.78 is 20.3. The van der Waals surface area contributed by atoms with Crippen molar-refractivity contribution in [2.75, 3.05) is 32.7 Å². The molecule has 3 heterocycles. The van der Waals surface area contributed by atoms with E-state index in [1.807, 2.05) is 30.5 Å². The molecule has 9 nitrogen and oxygen atoms in total. The highest BCUT2D eigenvalue weighted by molar-refractivity contribution is 7.11. The van der Waals surface area contributed by atoms with Crippen molar-refractivity contribution in [2.24, 2.45) is 0 Å². The van der Waals surface area contributed by atoms with Crippen LogP contribution in [0.15, 0.2) is 66.2 Å². The number of hydrogen-bond acceptors (Lipinski definition) is 8. The van der Waals surface area contributed by atoms with E-state index in [1.54, 1.807) is 6.07 Å². The average Bonchev–Trinajstić information content (AvgIpc) is 3.53. The van der Waals surface area contributed by atoms with Crippen molar-refractivity contribution in [3.05, 3.63) is 93.8 Å². The van der Waals surface area contributed by atoms with E-state index < -0.39 is 11.7 Å². The third kappa shape index (κ3) is 8.34. The van der Waals surface area contributed by atoms with E-state index in [-0.39, 0.29) is 29.4 Å². The molecule has 1 aliphatic heterocycles. The number of rotatable bonds is 10. The zero-order valence-electron chi connectivity index (χ0n) is 25.9. The molecule has 2 aromatic carbocycles. The van der Waals surface area contributed by atoms with Crippen LogP contribution in [-0.4, -0.2) is 71.5 Å². The first kappa shape index (κ1) is 31.8. The van der Waals surface area contributed by atoms with E-state index in [0.29, 0.717) is 23.6 Å². The lowest BCUT2D eigenvalue weighted by atomic mass is 9.91. The van der Waals surface area contributed by atoms with Crippen LogP contribution < -0.4 is 20.7 Å². The van der Waals surface area contributed by atoms with E-state index in [0.717, 1.165) is 81.1 Å². The molecule has 11 heteroatoms. The van der Waals surface area contributed by atoms with Gasteiger partial charge in [0.1, 0.15) is 17.1 Å². The number of thiazole rings is 1. The fourth-order valence-electron chi connectivity index (χ4n) is 5.96. The van der Waals surface area contributed by atoms with Crippen molar-refractivity contribution < 1.29 is 18.7 Å². The van der Waals surface area contributed by atoms with Gasteiger partial charge in [-0.2, -0.15) is 0 Å². The molecule has 0 unspecified atom stereocenters. The maximum Gasteiger partial charge on any atom is 0.280 e. The van der Waals surface area contributed by atoms with E-state index in [2.05, 4.69) is 55.1 Å². The smallest absolute Gasteiger partial charge is 0.280 e. The lowest BCUT2D eigenvalue weighted by Gasteiger charge is -2.29. The van der Waals surface area contributed by atoms with Gasteiger partial charge in [0.05, 0.1) is 6.20 Å². The van der Waals surface area contributed by atoms with Gasteiger partial charge in [0.2, 0.25) is 5.88 Å². The summed E-state index contributed by atoms with van der Waals surface area (Å²) in [6.07, 6.45) is 4.86. The molecule has 0 radical (unpaired) electrons. The molecule has 2 amide bonds.